The number of likely N-dealkylation sites (tertiary alicyclic amines) is 2. The normalized spacial score (nSPS) is 20.4. The largest absolute Gasteiger partial charge is 0.338 e. The lowest BCUT2D eigenvalue weighted by Crippen LogP contribution is -2.49. The minimum Gasteiger partial charge on any atom is -0.338 e. The maximum Gasteiger partial charge on any atom is 0.253 e. The summed E-state index contributed by atoms with van der Waals surface area (Å²) in [6, 6.07) is 29.8. The van der Waals surface area contributed by atoms with E-state index in [1.807, 2.05) is 83.1 Å². The molecule has 2 fully saturated rings. The number of benzene rings is 3. The molecule has 2 aliphatic heterocycles. The number of amides is 1. The van der Waals surface area contributed by atoms with E-state index < -0.39 is 5.41 Å². The summed E-state index contributed by atoms with van der Waals surface area (Å²) in [6.07, 6.45) is 5.49. The molecule has 4 nitrogen and oxygen atoms in total. The highest BCUT2D eigenvalue weighted by Gasteiger charge is 2.44. The molecule has 1 amide bonds. The third-order valence-electron chi connectivity index (χ3n) is 9.76. The minimum absolute atomic E-state index is 0.0819. The van der Waals surface area contributed by atoms with Crippen LogP contribution in [-0.2, 0) is 10.8 Å². The Morgan fingerprint density at radius 3 is 2.18 bits per heavy atom. The van der Waals surface area contributed by atoms with E-state index in [4.69, 9.17) is 23.2 Å². The van der Waals surface area contributed by atoms with Crippen LogP contribution in [0.4, 0.5) is 0 Å². The Balaban J connectivity index is 1.17. The second kappa shape index (κ2) is 13.6. The number of hydrogen-bond donors (Lipinski definition) is 0. The van der Waals surface area contributed by atoms with Crippen LogP contribution in [0.3, 0.4) is 0 Å². The fourth-order valence-corrected chi connectivity index (χ4v) is 8.39. The number of nitrogens with zero attached hydrogens (tertiary/aromatic N) is 2. The zero-order chi connectivity index (χ0) is 30.6. The van der Waals surface area contributed by atoms with Crippen LogP contribution >= 0.6 is 34.5 Å². The first-order valence-corrected chi connectivity index (χ1v) is 17.2. The Kier molecular flexibility index (Phi) is 9.58. The van der Waals surface area contributed by atoms with Crippen LogP contribution in [0.2, 0.25) is 10.0 Å². The summed E-state index contributed by atoms with van der Waals surface area (Å²) >= 11 is 14.4. The predicted octanol–water partition coefficient (Wildman–Crippen LogP) is 8.93. The molecule has 1 unspecified atom stereocenters. The highest BCUT2D eigenvalue weighted by molar-refractivity contribution is 7.12. The van der Waals surface area contributed by atoms with Crippen molar-refractivity contribution in [3.8, 4) is 0 Å². The summed E-state index contributed by atoms with van der Waals surface area (Å²) < 4.78 is 0. The lowest BCUT2D eigenvalue weighted by molar-refractivity contribution is 0.0612. The van der Waals surface area contributed by atoms with Gasteiger partial charge in [0.05, 0.1) is 20.3 Å². The number of thiophene rings is 1. The molecule has 44 heavy (non-hydrogen) atoms. The minimum atomic E-state index is -0.481. The fraction of sp³-hybridized carbons (Fsp3) is 0.351. The predicted molar refractivity (Wildman–Crippen MR) is 181 cm³/mol. The van der Waals surface area contributed by atoms with Gasteiger partial charge in [0, 0.05) is 24.1 Å². The van der Waals surface area contributed by atoms with Crippen LogP contribution in [0.1, 0.15) is 69.7 Å². The van der Waals surface area contributed by atoms with Gasteiger partial charge in [-0.3, -0.25) is 9.59 Å². The molecule has 3 aromatic carbocycles. The number of hydrogen-bond acceptors (Lipinski definition) is 4. The number of piperidine rings is 2. The van der Waals surface area contributed by atoms with E-state index in [0.29, 0.717) is 16.6 Å². The summed E-state index contributed by atoms with van der Waals surface area (Å²) in [7, 11) is 0. The molecule has 1 aromatic heterocycles. The number of Topliss-reactive ketones (excluding diaryl/α,β-unsaturated/α-hetero) is 1. The molecule has 0 aliphatic carbocycles. The second-order valence-electron chi connectivity index (χ2n) is 12.3. The smallest absolute Gasteiger partial charge is 0.253 e. The van der Waals surface area contributed by atoms with Gasteiger partial charge in [-0.1, -0.05) is 83.9 Å². The van der Waals surface area contributed by atoms with Crippen LogP contribution in [0.5, 0.6) is 0 Å². The molecule has 0 spiro atoms. The molecule has 2 aliphatic rings. The second-order valence-corrected chi connectivity index (χ2v) is 14.1. The summed E-state index contributed by atoms with van der Waals surface area (Å²) in [5.74, 6) is 0.334. The van der Waals surface area contributed by atoms with Crippen molar-refractivity contribution in [1.82, 2.24) is 9.80 Å². The monoisotopic (exact) mass is 644 g/mol. The van der Waals surface area contributed by atoms with E-state index in [1.165, 1.54) is 11.3 Å². The van der Waals surface area contributed by atoms with Gasteiger partial charge in [-0.2, -0.15) is 0 Å². The Hall–Kier alpha value is -2.96. The standard InChI is InChI=1S/C37H38Cl2N2O2S/c38-31-16-15-30(26-32(31)39)36(18-9-22-41(27-36)35(43)28-10-3-1-4-11-28)17-8-21-40-23-19-37(20-24-40,29-12-5-2-6-13-29)34(42)33-14-7-25-44-33/h1-7,10-16,25-26H,8-9,17-24,27H2. The van der Waals surface area contributed by atoms with Crippen LogP contribution < -0.4 is 0 Å². The Labute approximate surface area is 274 Å². The quantitative estimate of drug-likeness (QED) is 0.171. The van der Waals surface area contributed by atoms with E-state index in [9.17, 15) is 9.59 Å². The lowest BCUT2D eigenvalue weighted by Gasteiger charge is -2.45. The van der Waals surface area contributed by atoms with Crippen molar-refractivity contribution in [1.29, 1.82) is 0 Å². The average molecular weight is 646 g/mol. The van der Waals surface area contributed by atoms with Crippen LogP contribution in [0.25, 0.3) is 0 Å². The Morgan fingerprint density at radius 1 is 0.773 bits per heavy atom. The van der Waals surface area contributed by atoms with Crippen molar-refractivity contribution in [3.63, 3.8) is 0 Å². The number of carbonyl (C=O) groups is 2. The molecule has 1 atom stereocenters. The molecule has 6 rings (SSSR count). The molecular weight excluding hydrogens is 607 g/mol. The first-order valence-electron chi connectivity index (χ1n) is 15.6. The molecule has 2 saturated heterocycles. The molecule has 4 aromatic rings. The summed E-state index contributed by atoms with van der Waals surface area (Å²) in [4.78, 5) is 32.8. The van der Waals surface area contributed by atoms with Crippen LogP contribution in [0.15, 0.2) is 96.4 Å². The van der Waals surface area contributed by atoms with Gasteiger partial charge in [0.1, 0.15) is 0 Å². The molecule has 0 bridgehead atoms. The summed E-state index contributed by atoms with van der Waals surface area (Å²) in [6.45, 7) is 4.12. The number of carbonyl (C=O) groups excluding carboxylic acids is 2. The highest BCUT2D eigenvalue weighted by Crippen LogP contribution is 2.42. The molecule has 7 heteroatoms. The first kappa shape index (κ1) is 31.0. The van der Waals surface area contributed by atoms with Crippen molar-refractivity contribution in [2.24, 2.45) is 0 Å². The van der Waals surface area contributed by atoms with E-state index in [-0.39, 0.29) is 17.1 Å². The third kappa shape index (κ3) is 6.39. The summed E-state index contributed by atoms with van der Waals surface area (Å²) in [5.41, 5.74) is 2.33. The van der Waals surface area contributed by atoms with Crippen LogP contribution in [-0.4, -0.2) is 54.2 Å². The average Bonchev–Trinajstić information content (AvgIpc) is 3.62. The van der Waals surface area contributed by atoms with E-state index in [0.717, 1.165) is 86.3 Å². The lowest BCUT2D eigenvalue weighted by atomic mass is 9.69. The van der Waals surface area contributed by atoms with E-state index >= 15 is 0 Å². The number of ketones is 1. The van der Waals surface area contributed by atoms with Gasteiger partial charge in [0.2, 0.25) is 0 Å². The fourth-order valence-electron chi connectivity index (χ4n) is 7.33. The van der Waals surface area contributed by atoms with Gasteiger partial charge in [0.15, 0.2) is 5.78 Å². The maximum absolute atomic E-state index is 13.9. The van der Waals surface area contributed by atoms with E-state index in [2.05, 4.69) is 23.1 Å². The number of halogens is 2. The van der Waals surface area contributed by atoms with Crippen molar-refractivity contribution in [2.75, 3.05) is 32.7 Å². The first-order chi connectivity index (χ1) is 21.4. The summed E-state index contributed by atoms with van der Waals surface area (Å²) in [5, 5.41) is 3.09. The van der Waals surface area contributed by atoms with Gasteiger partial charge in [0.25, 0.3) is 5.91 Å². The third-order valence-corrected chi connectivity index (χ3v) is 11.4. The molecule has 3 heterocycles. The molecular formula is C37H38Cl2N2O2S. The van der Waals surface area contributed by atoms with Crippen molar-refractivity contribution >= 4 is 46.2 Å². The SMILES string of the molecule is O=C(c1ccccc1)N1CCCC(CCCN2CCC(C(=O)c3cccs3)(c3ccccc3)CC2)(c2ccc(Cl)c(Cl)c2)C1. The highest BCUT2D eigenvalue weighted by atomic mass is 35.5. The van der Waals surface area contributed by atoms with Crippen molar-refractivity contribution < 1.29 is 9.59 Å². The molecule has 0 saturated carbocycles. The van der Waals surface area contributed by atoms with Gasteiger partial charge < -0.3 is 9.80 Å². The van der Waals surface area contributed by atoms with Crippen molar-refractivity contribution in [2.45, 2.75) is 49.4 Å². The molecule has 228 valence electrons. The van der Waals surface area contributed by atoms with Gasteiger partial charge in [-0.05, 0) is 105 Å². The number of rotatable bonds is 9. The molecule has 0 radical (unpaired) electrons. The Morgan fingerprint density at radius 2 is 1.50 bits per heavy atom. The van der Waals surface area contributed by atoms with Gasteiger partial charge in [-0.15, -0.1) is 11.3 Å². The van der Waals surface area contributed by atoms with E-state index in [1.54, 1.807) is 0 Å². The van der Waals surface area contributed by atoms with Crippen LogP contribution in [0, 0.1) is 0 Å². The zero-order valence-electron chi connectivity index (χ0n) is 24.9. The van der Waals surface area contributed by atoms with Gasteiger partial charge in [-0.25, -0.2) is 0 Å². The molecule has 0 N–H and O–H groups in total. The zero-order valence-corrected chi connectivity index (χ0v) is 27.2. The maximum atomic E-state index is 13.9. The van der Waals surface area contributed by atoms with Gasteiger partial charge >= 0.3 is 0 Å². The Bertz CT molecular complexity index is 1570. The van der Waals surface area contributed by atoms with Crippen molar-refractivity contribution in [3.05, 3.63) is 128 Å². The topological polar surface area (TPSA) is 40.6 Å².